The van der Waals surface area contributed by atoms with Crippen LogP contribution in [0.4, 0.5) is 16.2 Å². The molecule has 1 aliphatic rings. The van der Waals surface area contributed by atoms with E-state index in [1.165, 1.54) is 37.5 Å². The summed E-state index contributed by atoms with van der Waals surface area (Å²) >= 11 is 2.01. The Labute approximate surface area is 261 Å². The van der Waals surface area contributed by atoms with Gasteiger partial charge < -0.3 is 19.5 Å². The lowest BCUT2D eigenvalue weighted by molar-refractivity contribution is -0.122. The number of nitrogens with one attached hydrogen (secondary N) is 2. The summed E-state index contributed by atoms with van der Waals surface area (Å²) < 4.78 is 16.8. The number of hydrogen-bond donors (Lipinski definition) is 2. The molecule has 1 aliphatic heterocycles. The zero-order valence-electron chi connectivity index (χ0n) is 23.8. The minimum atomic E-state index is -0.926. The molecule has 4 rings (SSSR count). The van der Waals surface area contributed by atoms with Gasteiger partial charge in [0.25, 0.3) is 17.7 Å². The summed E-state index contributed by atoms with van der Waals surface area (Å²) in [4.78, 5) is 63.7. The highest BCUT2D eigenvalue weighted by Crippen LogP contribution is 2.35. The lowest BCUT2D eigenvalue weighted by atomic mass is 10.1. The fraction of sp³-hybridized carbons (Fsp3) is 0.194. The van der Waals surface area contributed by atoms with Crippen molar-refractivity contribution in [2.24, 2.45) is 0 Å². The lowest BCUT2D eigenvalue weighted by Crippen LogP contribution is -2.54. The predicted molar refractivity (Wildman–Crippen MR) is 167 cm³/mol. The van der Waals surface area contributed by atoms with Crippen LogP contribution in [0.3, 0.4) is 0 Å². The minimum Gasteiger partial charge on any atom is -0.490 e. The van der Waals surface area contributed by atoms with Crippen LogP contribution in [0.15, 0.2) is 60.2 Å². The highest BCUT2D eigenvalue weighted by molar-refractivity contribution is 14.1. The number of benzene rings is 3. The third-order valence-electron chi connectivity index (χ3n) is 6.43. The number of nitrogens with zero attached hydrogens (tertiary/aromatic N) is 1. The SMILES string of the molecule is CCOc1cc(/C=C2/C(=O)NC(=O)N(c3ccc(C(=O)OC)cc3)C2=O)cc(I)c1OCC(=O)Nc1ccc(C)c(C)c1. The van der Waals surface area contributed by atoms with Gasteiger partial charge in [-0.25, -0.2) is 14.5 Å². The first kappa shape index (κ1) is 31.2. The average Bonchev–Trinajstić information content (AvgIpc) is 2.96. The van der Waals surface area contributed by atoms with Gasteiger partial charge in [-0.1, -0.05) is 6.07 Å². The van der Waals surface area contributed by atoms with Gasteiger partial charge in [-0.15, -0.1) is 0 Å². The molecule has 2 N–H and O–H groups in total. The van der Waals surface area contributed by atoms with Gasteiger partial charge in [0.05, 0.1) is 28.5 Å². The molecule has 1 fully saturated rings. The molecule has 0 aliphatic carbocycles. The van der Waals surface area contributed by atoms with E-state index in [9.17, 15) is 24.0 Å². The molecule has 43 heavy (non-hydrogen) atoms. The van der Waals surface area contributed by atoms with Crippen LogP contribution in [0.5, 0.6) is 11.5 Å². The smallest absolute Gasteiger partial charge is 0.337 e. The maximum atomic E-state index is 13.3. The van der Waals surface area contributed by atoms with E-state index in [0.717, 1.165) is 16.0 Å². The molecule has 5 amide bonds. The van der Waals surface area contributed by atoms with Crippen molar-refractivity contribution in [1.82, 2.24) is 5.32 Å². The van der Waals surface area contributed by atoms with Gasteiger partial charge in [-0.3, -0.25) is 19.7 Å². The summed E-state index contributed by atoms with van der Waals surface area (Å²) in [6.07, 6.45) is 1.33. The van der Waals surface area contributed by atoms with Crippen LogP contribution in [-0.2, 0) is 19.1 Å². The van der Waals surface area contributed by atoms with E-state index >= 15 is 0 Å². The molecule has 0 aromatic heterocycles. The van der Waals surface area contributed by atoms with Crippen LogP contribution in [0.25, 0.3) is 6.08 Å². The second-order valence-corrected chi connectivity index (χ2v) is 10.6. The van der Waals surface area contributed by atoms with Crippen molar-refractivity contribution in [3.8, 4) is 11.5 Å². The van der Waals surface area contributed by atoms with E-state index in [1.54, 1.807) is 19.1 Å². The van der Waals surface area contributed by atoms with Gasteiger partial charge in [0.1, 0.15) is 5.57 Å². The highest BCUT2D eigenvalue weighted by atomic mass is 127. The van der Waals surface area contributed by atoms with Crippen molar-refractivity contribution in [2.75, 3.05) is 30.5 Å². The van der Waals surface area contributed by atoms with Crippen molar-refractivity contribution >= 4 is 69.8 Å². The zero-order valence-corrected chi connectivity index (χ0v) is 25.9. The molecule has 0 unspecified atom stereocenters. The number of hydrogen-bond acceptors (Lipinski definition) is 8. The van der Waals surface area contributed by atoms with Crippen molar-refractivity contribution in [3.05, 3.63) is 86.0 Å². The number of aryl methyl sites for hydroxylation is 2. The number of methoxy groups -OCH3 is 1. The summed E-state index contributed by atoms with van der Waals surface area (Å²) in [7, 11) is 1.24. The van der Waals surface area contributed by atoms with Crippen LogP contribution in [0, 0.1) is 17.4 Å². The first-order valence-corrected chi connectivity index (χ1v) is 14.2. The van der Waals surface area contributed by atoms with E-state index in [-0.39, 0.29) is 35.9 Å². The first-order valence-electron chi connectivity index (χ1n) is 13.1. The number of amides is 5. The van der Waals surface area contributed by atoms with Crippen molar-refractivity contribution in [2.45, 2.75) is 20.8 Å². The van der Waals surface area contributed by atoms with Crippen molar-refractivity contribution < 1.29 is 38.2 Å². The molecular weight excluding hydrogens is 669 g/mol. The lowest BCUT2D eigenvalue weighted by Gasteiger charge is -2.26. The molecule has 11 nitrogen and oxygen atoms in total. The van der Waals surface area contributed by atoms with Crippen molar-refractivity contribution in [1.29, 1.82) is 0 Å². The maximum absolute atomic E-state index is 13.3. The first-order chi connectivity index (χ1) is 20.5. The zero-order chi connectivity index (χ0) is 31.3. The Morgan fingerprint density at radius 1 is 0.977 bits per heavy atom. The predicted octanol–water partition coefficient (Wildman–Crippen LogP) is 4.78. The van der Waals surface area contributed by atoms with Gasteiger partial charge in [0, 0.05) is 5.69 Å². The molecule has 12 heteroatoms. The molecule has 222 valence electrons. The fourth-order valence-corrected chi connectivity index (χ4v) is 4.93. The summed E-state index contributed by atoms with van der Waals surface area (Å²) in [5.41, 5.74) is 3.32. The Morgan fingerprint density at radius 2 is 1.70 bits per heavy atom. The number of imide groups is 2. The minimum absolute atomic E-state index is 0.154. The molecular formula is C31H28IN3O8. The molecule has 3 aromatic carbocycles. The number of anilines is 2. The number of rotatable bonds is 9. The van der Waals surface area contributed by atoms with E-state index in [1.807, 2.05) is 54.6 Å². The van der Waals surface area contributed by atoms with Gasteiger partial charge in [0.2, 0.25) is 0 Å². The summed E-state index contributed by atoms with van der Waals surface area (Å²) in [6, 6.07) is 13.5. The third kappa shape index (κ3) is 7.20. The number of urea groups is 1. The largest absolute Gasteiger partial charge is 0.490 e. The Hall–Kier alpha value is -4.72. The summed E-state index contributed by atoms with van der Waals surface area (Å²) in [5.74, 6) is -2.03. The van der Waals surface area contributed by atoms with Crippen molar-refractivity contribution in [3.63, 3.8) is 0 Å². The standard InChI is InChI=1S/C31H28IN3O8/c1-5-42-25-15-19(14-24(32)27(25)43-16-26(36)33-21-9-6-17(2)18(3)12-21)13-23-28(37)34-31(40)35(29(23)38)22-10-7-20(8-11-22)30(39)41-4/h6-15H,5,16H2,1-4H3,(H,33,36)(H,34,37,40)/b23-13-. The molecule has 0 spiro atoms. The maximum Gasteiger partial charge on any atom is 0.337 e. The number of ether oxygens (including phenoxy) is 3. The molecule has 0 radical (unpaired) electrons. The number of esters is 1. The topological polar surface area (TPSA) is 140 Å². The van der Waals surface area contributed by atoms with E-state index in [2.05, 4.69) is 15.4 Å². The molecule has 1 saturated heterocycles. The van der Waals surface area contributed by atoms with Crippen LogP contribution < -0.4 is 25.0 Å². The summed E-state index contributed by atoms with van der Waals surface area (Å²) in [6.45, 7) is 5.72. The fourth-order valence-electron chi connectivity index (χ4n) is 4.15. The second kappa shape index (κ2) is 13.5. The number of carbonyl (C=O) groups excluding carboxylic acids is 5. The Bertz CT molecular complexity index is 1650. The molecule has 3 aromatic rings. The molecule has 1 heterocycles. The van der Waals surface area contributed by atoms with Gasteiger partial charge >= 0.3 is 12.0 Å². The average molecular weight is 697 g/mol. The van der Waals surface area contributed by atoms with Crippen LogP contribution in [-0.4, -0.2) is 50.0 Å². The van der Waals surface area contributed by atoms with Gasteiger partial charge in [-0.2, -0.15) is 0 Å². The Morgan fingerprint density at radius 3 is 2.35 bits per heavy atom. The second-order valence-electron chi connectivity index (χ2n) is 9.40. The van der Waals surface area contributed by atoms with E-state index in [0.29, 0.717) is 26.3 Å². The Balaban J connectivity index is 1.57. The van der Waals surface area contributed by atoms with Crippen LogP contribution >= 0.6 is 22.6 Å². The number of halogens is 1. The van der Waals surface area contributed by atoms with E-state index < -0.39 is 23.8 Å². The third-order valence-corrected chi connectivity index (χ3v) is 7.23. The molecule has 0 saturated carbocycles. The van der Waals surface area contributed by atoms with Crippen LogP contribution in [0.1, 0.15) is 34.0 Å². The van der Waals surface area contributed by atoms with Gasteiger partial charge in [-0.05, 0) is 115 Å². The van der Waals surface area contributed by atoms with Crippen LogP contribution in [0.2, 0.25) is 0 Å². The normalized spacial score (nSPS) is 13.9. The summed E-state index contributed by atoms with van der Waals surface area (Å²) in [5, 5.41) is 4.97. The Kier molecular flexibility index (Phi) is 9.80. The monoisotopic (exact) mass is 697 g/mol. The quantitative estimate of drug-likeness (QED) is 0.141. The molecule has 0 atom stereocenters. The number of barbiturate groups is 1. The molecule has 0 bridgehead atoms. The number of carbonyl (C=O) groups is 5. The van der Waals surface area contributed by atoms with Gasteiger partial charge in [0.15, 0.2) is 18.1 Å². The highest BCUT2D eigenvalue weighted by Gasteiger charge is 2.37. The van der Waals surface area contributed by atoms with E-state index in [4.69, 9.17) is 9.47 Å².